The molecule has 1 aromatic carbocycles. The summed E-state index contributed by atoms with van der Waals surface area (Å²) in [4.78, 5) is 2.11. The first-order chi connectivity index (χ1) is 10.9. The number of hydrogen-bond donors (Lipinski definition) is 1. The van der Waals surface area contributed by atoms with E-state index in [1.807, 2.05) is 0 Å². The zero-order valence-corrected chi connectivity index (χ0v) is 12.7. The molecular formula is C14H14ClF3N4O. The first-order valence-electron chi connectivity index (χ1n) is 6.99. The minimum Gasteiger partial charge on any atom is -0.406 e. The van der Waals surface area contributed by atoms with E-state index in [9.17, 15) is 13.2 Å². The molecule has 23 heavy (non-hydrogen) atoms. The molecule has 0 radical (unpaired) electrons. The van der Waals surface area contributed by atoms with Gasteiger partial charge in [-0.05, 0) is 24.3 Å². The highest BCUT2D eigenvalue weighted by Crippen LogP contribution is 2.29. The molecule has 3 rings (SSSR count). The second-order valence-corrected chi connectivity index (χ2v) is 5.37. The van der Waals surface area contributed by atoms with Crippen LogP contribution in [0.4, 0.5) is 18.9 Å². The molecule has 1 aliphatic rings. The van der Waals surface area contributed by atoms with Gasteiger partial charge in [0, 0.05) is 26.2 Å². The SMILES string of the molecule is FC(F)(F)Oc1ccc(-n2ncc(N3CCNCC3)c2Cl)cc1. The van der Waals surface area contributed by atoms with E-state index in [4.69, 9.17) is 11.6 Å². The lowest BCUT2D eigenvalue weighted by Crippen LogP contribution is -2.43. The fourth-order valence-corrected chi connectivity index (χ4v) is 2.72. The van der Waals surface area contributed by atoms with Crippen molar-refractivity contribution in [2.24, 2.45) is 0 Å². The number of alkyl halides is 3. The average Bonchev–Trinajstić information content (AvgIpc) is 2.89. The highest BCUT2D eigenvalue weighted by atomic mass is 35.5. The topological polar surface area (TPSA) is 42.3 Å². The van der Waals surface area contributed by atoms with Crippen LogP contribution in [0.15, 0.2) is 30.5 Å². The van der Waals surface area contributed by atoms with Crippen LogP contribution in [0, 0.1) is 0 Å². The van der Waals surface area contributed by atoms with Crippen LogP contribution in [-0.4, -0.2) is 42.3 Å². The number of rotatable bonds is 3. The molecule has 1 aromatic heterocycles. The molecule has 0 aliphatic carbocycles. The third-order valence-electron chi connectivity index (χ3n) is 3.47. The van der Waals surface area contributed by atoms with Crippen LogP contribution in [-0.2, 0) is 0 Å². The van der Waals surface area contributed by atoms with Crippen LogP contribution in [0.2, 0.25) is 5.15 Å². The van der Waals surface area contributed by atoms with E-state index >= 15 is 0 Å². The Balaban J connectivity index is 1.80. The molecular weight excluding hydrogens is 333 g/mol. The number of nitrogens with zero attached hydrogens (tertiary/aromatic N) is 3. The molecule has 0 amide bonds. The van der Waals surface area contributed by atoms with Crippen molar-refractivity contribution in [1.82, 2.24) is 15.1 Å². The van der Waals surface area contributed by atoms with Crippen molar-refractivity contribution in [3.63, 3.8) is 0 Å². The van der Waals surface area contributed by atoms with Crippen molar-refractivity contribution in [1.29, 1.82) is 0 Å². The second kappa shape index (κ2) is 6.29. The third-order valence-corrected chi connectivity index (χ3v) is 3.82. The van der Waals surface area contributed by atoms with Gasteiger partial charge in [0.1, 0.15) is 5.75 Å². The summed E-state index contributed by atoms with van der Waals surface area (Å²) in [7, 11) is 0. The fourth-order valence-electron chi connectivity index (χ4n) is 2.41. The highest BCUT2D eigenvalue weighted by Gasteiger charge is 2.31. The van der Waals surface area contributed by atoms with E-state index in [-0.39, 0.29) is 5.75 Å². The summed E-state index contributed by atoms with van der Waals surface area (Å²) in [6.45, 7) is 3.38. The van der Waals surface area contributed by atoms with Crippen LogP contribution < -0.4 is 15.0 Å². The number of aromatic nitrogens is 2. The van der Waals surface area contributed by atoms with Crippen LogP contribution in [0.3, 0.4) is 0 Å². The summed E-state index contributed by atoms with van der Waals surface area (Å²) in [5.41, 5.74) is 1.37. The Hall–Kier alpha value is -1.93. The first-order valence-corrected chi connectivity index (χ1v) is 7.37. The average molecular weight is 347 g/mol. The molecule has 0 atom stereocenters. The number of halogens is 4. The molecule has 1 N–H and O–H groups in total. The number of ether oxygens (including phenoxy) is 1. The lowest BCUT2D eigenvalue weighted by atomic mass is 10.3. The van der Waals surface area contributed by atoms with Gasteiger partial charge in [-0.3, -0.25) is 0 Å². The van der Waals surface area contributed by atoms with Gasteiger partial charge in [0.25, 0.3) is 0 Å². The van der Waals surface area contributed by atoms with E-state index in [0.717, 1.165) is 31.9 Å². The molecule has 0 bridgehead atoms. The molecule has 0 unspecified atom stereocenters. The Bertz CT molecular complexity index is 666. The lowest BCUT2D eigenvalue weighted by Gasteiger charge is -2.28. The molecule has 5 nitrogen and oxygen atoms in total. The number of hydrogen-bond acceptors (Lipinski definition) is 4. The quantitative estimate of drug-likeness (QED) is 0.928. The largest absolute Gasteiger partial charge is 0.573 e. The van der Waals surface area contributed by atoms with Crippen molar-refractivity contribution >= 4 is 17.3 Å². The summed E-state index contributed by atoms with van der Waals surface area (Å²) >= 11 is 6.37. The standard InChI is InChI=1S/C14H14ClF3N4O/c15-13-12(21-7-5-19-6-8-21)9-20-22(13)10-1-3-11(4-2-10)23-14(16,17)18/h1-4,9,19H,5-8H2. The summed E-state index contributed by atoms with van der Waals surface area (Å²) in [5, 5.41) is 7.90. The molecule has 1 saturated heterocycles. The summed E-state index contributed by atoms with van der Waals surface area (Å²) in [6.07, 6.45) is -3.05. The third kappa shape index (κ3) is 3.70. The fraction of sp³-hybridized carbons (Fsp3) is 0.357. The number of nitrogens with one attached hydrogen (secondary N) is 1. The lowest BCUT2D eigenvalue weighted by molar-refractivity contribution is -0.274. The Morgan fingerprint density at radius 3 is 2.39 bits per heavy atom. The second-order valence-electron chi connectivity index (χ2n) is 5.01. The maximum absolute atomic E-state index is 12.2. The molecule has 1 fully saturated rings. The zero-order valence-electron chi connectivity index (χ0n) is 12.0. The zero-order chi connectivity index (χ0) is 16.4. The van der Waals surface area contributed by atoms with Gasteiger partial charge >= 0.3 is 6.36 Å². The van der Waals surface area contributed by atoms with Crippen LogP contribution in [0.25, 0.3) is 5.69 Å². The van der Waals surface area contributed by atoms with Gasteiger partial charge in [-0.1, -0.05) is 11.6 Å². The van der Waals surface area contributed by atoms with Crippen LogP contribution in [0.5, 0.6) is 5.75 Å². The Morgan fingerprint density at radius 2 is 1.78 bits per heavy atom. The normalized spacial score (nSPS) is 15.7. The van der Waals surface area contributed by atoms with E-state index < -0.39 is 6.36 Å². The van der Waals surface area contributed by atoms with Crippen molar-refractivity contribution in [3.8, 4) is 11.4 Å². The van der Waals surface area contributed by atoms with Gasteiger partial charge in [-0.2, -0.15) is 5.10 Å². The maximum Gasteiger partial charge on any atom is 0.573 e. The smallest absolute Gasteiger partial charge is 0.406 e. The van der Waals surface area contributed by atoms with E-state index in [1.165, 1.54) is 28.9 Å². The van der Waals surface area contributed by atoms with Gasteiger partial charge in [0.15, 0.2) is 5.15 Å². The monoisotopic (exact) mass is 346 g/mol. The van der Waals surface area contributed by atoms with Crippen molar-refractivity contribution in [2.45, 2.75) is 6.36 Å². The Kier molecular flexibility index (Phi) is 4.36. The first kappa shape index (κ1) is 15.9. The van der Waals surface area contributed by atoms with E-state index in [1.54, 1.807) is 6.20 Å². The molecule has 2 heterocycles. The molecule has 0 spiro atoms. The summed E-state index contributed by atoms with van der Waals surface area (Å²) in [6, 6.07) is 5.40. The van der Waals surface area contributed by atoms with Crippen LogP contribution >= 0.6 is 11.6 Å². The molecule has 1 aliphatic heterocycles. The summed E-state index contributed by atoms with van der Waals surface area (Å²) in [5.74, 6) is -0.285. The molecule has 0 saturated carbocycles. The minimum atomic E-state index is -4.71. The number of anilines is 1. The van der Waals surface area contributed by atoms with E-state index in [2.05, 4.69) is 20.1 Å². The van der Waals surface area contributed by atoms with Gasteiger partial charge in [-0.25, -0.2) is 4.68 Å². The molecule has 9 heteroatoms. The Labute approximate surface area is 135 Å². The van der Waals surface area contributed by atoms with Gasteiger partial charge in [-0.15, -0.1) is 13.2 Å². The van der Waals surface area contributed by atoms with Gasteiger partial charge in [0.05, 0.1) is 17.6 Å². The van der Waals surface area contributed by atoms with E-state index in [0.29, 0.717) is 10.8 Å². The highest BCUT2D eigenvalue weighted by molar-refractivity contribution is 6.32. The van der Waals surface area contributed by atoms with Crippen LogP contribution in [0.1, 0.15) is 0 Å². The van der Waals surface area contributed by atoms with Crippen molar-refractivity contribution in [3.05, 3.63) is 35.6 Å². The minimum absolute atomic E-state index is 0.285. The predicted molar refractivity (Wildman–Crippen MR) is 80.3 cm³/mol. The predicted octanol–water partition coefficient (Wildman–Crippen LogP) is 2.83. The molecule has 2 aromatic rings. The Morgan fingerprint density at radius 1 is 1.13 bits per heavy atom. The summed E-state index contributed by atoms with van der Waals surface area (Å²) < 4.78 is 41.8. The number of benzene rings is 1. The molecule has 124 valence electrons. The number of piperazine rings is 1. The maximum atomic E-state index is 12.2. The van der Waals surface area contributed by atoms with Gasteiger partial charge < -0.3 is 15.0 Å². The van der Waals surface area contributed by atoms with Crippen molar-refractivity contribution in [2.75, 3.05) is 31.1 Å². The van der Waals surface area contributed by atoms with Gasteiger partial charge in [0.2, 0.25) is 0 Å². The van der Waals surface area contributed by atoms with Crippen molar-refractivity contribution < 1.29 is 17.9 Å².